The minimum Gasteiger partial charge on any atom is -0.444 e. The summed E-state index contributed by atoms with van der Waals surface area (Å²) in [5.41, 5.74) is 0.379. The topological polar surface area (TPSA) is 41.3 Å². The lowest BCUT2D eigenvalue weighted by Crippen LogP contribution is -2.61. The zero-order chi connectivity index (χ0) is 14.9. The fourth-order valence-electron chi connectivity index (χ4n) is 3.73. The highest BCUT2D eigenvalue weighted by atomic mass is 16.4. The fourth-order valence-corrected chi connectivity index (χ4v) is 3.73. The van der Waals surface area contributed by atoms with E-state index in [-0.39, 0.29) is 5.41 Å². The van der Waals surface area contributed by atoms with Crippen LogP contribution in [0.15, 0.2) is 10.6 Å². The van der Waals surface area contributed by atoms with Gasteiger partial charge in [0.25, 0.3) is 0 Å². The van der Waals surface area contributed by atoms with Gasteiger partial charge >= 0.3 is 0 Å². The maximum absolute atomic E-state index is 6.01. The normalized spacial score (nSPS) is 23.6. The molecular formula is C17H29N3O. The zero-order valence-corrected chi connectivity index (χ0v) is 13.7. The van der Waals surface area contributed by atoms with Gasteiger partial charge in [0.2, 0.25) is 5.89 Å². The van der Waals surface area contributed by atoms with Gasteiger partial charge in [-0.3, -0.25) is 4.90 Å². The molecule has 2 fully saturated rings. The smallest absolute Gasteiger partial charge is 0.208 e. The quantitative estimate of drug-likeness (QED) is 0.909. The molecule has 118 valence electrons. The van der Waals surface area contributed by atoms with Crippen molar-refractivity contribution in [3.05, 3.63) is 17.8 Å². The van der Waals surface area contributed by atoms with Crippen LogP contribution in [0.4, 0.5) is 0 Å². The van der Waals surface area contributed by atoms with Gasteiger partial charge < -0.3 is 9.73 Å². The summed E-state index contributed by atoms with van der Waals surface area (Å²) in [6.07, 6.45) is 8.64. The number of hydrogen-bond acceptors (Lipinski definition) is 4. The molecule has 0 amide bonds. The summed E-state index contributed by atoms with van der Waals surface area (Å²) < 4.78 is 6.01. The Morgan fingerprint density at radius 1 is 1.29 bits per heavy atom. The van der Waals surface area contributed by atoms with E-state index in [0.717, 1.165) is 37.8 Å². The van der Waals surface area contributed by atoms with Crippen molar-refractivity contribution in [3.63, 3.8) is 0 Å². The maximum atomic E-state index is 6.01. The summed E-state index contributed by atoms with van der Waals surface area (Å²) in [4.78, 5) is 7.15. The van der Waals surface area contributed by atoms with Crippen LogP contribution in [0.2, 0.25) is 0 Å². The van der Waals surface area contributed by atoms with Crippen LogP contribution in [0, 0.1) is 0 Å². The van der Waals surface area contributed by atoms with Crippen molar-refractivity contribution < 1.29 is 4.42 Å². The lowest BCUT2D eigenvalue weighted by atomic mass is 9.79. The number of nitrogens with zero attached hydrogens (tertiary/aromatic N) is 2. The molecule has 1 spiro atoms. The van der Waals surface area contributed by atoms with Gasteiger partial charge in [-0.1, -0.05) is 40.0 Å². The zero-order valence-electron chi connectivity index (χ0n) is 13.7. The minimum absolute atomic E-state index is 0.0389. The largest absolute Gasteiger partial charge is 0.444 e. The first-order valence-electron chi connectivity index (χ1n) is 8.41. The molecule has 21 heavy (non-hydrogen) atoms. The van der Waals surface area contributed by atoms with E-state index in [9.17, 15) is 0 Å². The van der Waals surface area contributed by atoms with E-state index in [1.54, 1.807) is 0 Å². The Bertz CT molecular complexity index is 460. The van der Waals surface area contributed by atoms with Gasteiger partial charge in [0, 0.05) is 30.6 Å². The molecule has 4 nitrogen and oxygen atoms in total. The van der Waals surface area contributed by atoms with Crippen molar-refractivity contribution in [2.45, 2.75) is 70.4 Å². The Kier molecular flexibility index (Phi) is 4.10. The lowest BCUT2D eigenvalue weighted by Gasteiger charge is -2.49. The van der Waals surface area contributed by atoms with E-state index in [0.29, 0.717) is 5.54 Å². The summed E-state index contributed by atoms with van der Waals surface area (Å²) >= 11 is 0. The molecule has 1 aliphatic carbocycles. The number of aromatic nitrogens is 1. The van der Waals surface area contributed by atoms with Crippen LogP contribution in [-0.2, 0) is 12.0 Å². The van der Waals surface area contributed by atoms with Crippen molar-refractivity contribution >= 4 is 0 Å². The average Bonchev–Trinajstić information content (AvgIpc) is 2.91. The molecule has 1 aliphatic heterocycles. The van der Waals surface area contributed by atoms with Crippen molar-refractivity contribution in [1.82, 2.24) is 15.2 Å². The summed E-state index contributed by atoms with van der Waals surface area (Å²) in [6.45, 7) is 10.7. The van der Waals surface area contributed by atoms with Crippen LogP contribution in [-0.4, -0.2) is 35.1 Å². The van der Waals surface area contributed by atoms with Gasteiger partial charge in [-0.25, -0.2) is 4.98 Å². The first kappa shape index (κ1) is 15.0. The van der Waals surface area contributed by atoms with E-state index in [1.165, 1.54) is 32.1 Å². The Morgan fingerprint density at radius 2 is 2.05 bits per heavy atom. The number of piperazine rings is 1. The lowest BCUT2D eigenvalue weighted by molar-refractivity contribution is 0.0143. The molecule has 0 unspecified atom stereocenters. The molecule has 2 aliphatic rings. The van der Waals surface area contributed by atoms with Gasteiger partial charge in [-0.15, -0.1) is 0 Å². The summed E-state index contributed by atoms with van der Waals surface area (Å²) in [5.74, 6) is 1.87. The van der Waals surface area contributed by atoms with Gasteiger partial charge in [0.05, 0.1) is 12.7 Å². The van der Waals surface area contributed by atoms with Gasteiger partial charge in [-0.2, -0.15) is 0 Å². The molecule has 1 aromatic rings. The Labute approximate surface area is 128 Å². The third-order valence-corrected chi connectivity index (χ3v) is 5.09. The van der Waals surface area contributed by atoms with E-state index in [4.69, 9.17) is 4.42 Å². The molecule has 0 atom stereocenters. The minimum atomic E-state index is 0.0389. The maximum Gasteiger partial charge on any atom is 0.208 e. The first-order valence-corrected chi connectivity index (χ1v) is 8.41. The summed E-state index contributed by atoms with van der Waals surface area (Å²) in [7, 11) is 0. The summed E-state index contributed by atoms with van der Waals surface area (Å²) in [6, 6.07) is 0. The molecule has 1 saturated carbocycles. The van der Waals surface area contributed by atoms with E-state index < -0.39 is 0 Å². The first-order chi connectivity index (χ1) is 10.00. The molecule has 0 aromatic carbocycles. The predicted octanol–water partition coefficient (Wildman–Crippen LogP) is 3.08. The van der Waals surface area contributed by atoms with Crippen LogP contribution in [0.25, 0.3) is 0 Å². The fraction of sp³-hybridized carbons (Fsp3) is 0.824. The SMILES string of the molecule is CC(C)(C)c1cnc(CN2CCNCC23CCCCC3)o1. The van der Waals surface area contributed by atoms with Gasteiger partial charge in [-0.05, 0) is 12.8 Å². The molecular weight excluding hydrogens is 262 g/mol. The van der Waals surface area contributed by atoms with Gasteiger partial charge in [0.1, 0.15) is 5.76 Å². The Balaban J connectivity index is 1.74. The highest BCUT2D eigenvalue weighted by Crippen LogP contribution is 2.35. The molecule has 4 heteroatoms. The molecule has 1 saturated heterocycles. The molecule has 3 rings (SSSR count). The van der Waals surface area contributed by atoms with Crippen LogP contribution in [0.5, 0.6) is 0 Å². The molecule has 1 N–H and O–H groups in total. The molecule has 2 heterocycles. The summed E-state index contributed by atoms with van der Waals surface area (Å²) in [5, 5.41) is 3.60. The number of nitrogens with one attached hydrogen (secondary N) is 1. The van der Waals surface area contributed by atoms with Crippen molar-refractivity contribution in [3.8, 4) is 0 Å². The monoisotopic (exact) mass is 291 g/mol. The highest BCUT2D eigenvalue weighted by molar-refractivity contribution is 5.07. The van der Waals surface area contributed by atoms with Crippen LogP contribution < -0.4 is 5.32 Å². The highest BCUT2D eigenvalue weighted by Gasteiger charge is 2.40. The molecule has 0 radical (unpaired) electrons. The number of oxazole rings is 1. The van der Waals surface area contributed by atoms with Gasteiger partial charge in [0.15, 0.2) is 0 Å². The van der Waals surface area contributed by atoms with E-state index in [2.05, 4.69) is 36.0 Å². The Hall–Kier alpha value is -0.870. The second kappa shape index (κ2) is 5.73. The van der Waals surface area contributed by atoms with Crippen molar-refractivity contribution in [1.29, 1.82) is 0 Å². The number of hydrogen-bond donors (Lipinski definition) is 1. The molecule has 1 aromatic heterocycles. The average molecular weight is 291 g/mol. The van der Waals surface area contributed by atoms with E-state index in [1.807, 2.05) is 6.20 Å². The van der Waals surface area contributed by atoms with Crippen molar-refractivity contribution in [2.75, 3.05) is 19.6 Å². The van der Waals surface area contributed by atoms with Crippen LogP contribution >= 0.6 is 0 Å². The second-order valence-electron chi connectivity index (χ2n) is 7.75. The predicted molar refractivity (Wildman–Crippen MR) is 84.3 cm³/mol. The van der Waals surface area contributed by atoms with E-state index >= 15 is 0 Å². The standard InChI is InChI=1S/C17H29N3O/c1-16(2,3)14-11-19-15(21-14)12-20-10-9-18-13-17(20)7-5-4-6-8-17/h11,18H,4-10,12-13H2,1-3H3. The Morgan fingerprint density at radius 3 is 2.71 bits per heavy atom. The van der Waals surface area contributed by atoms with Crippen molar-refractivity contribution in [2.24, 2.45) is 0 Å². The molecule has 0 bridgehead atoms. The van der Waals surface area contributed by atoms with Crippen LogP contribution in [0.1, 0.15) is 64.5 Å². The van der Waals surface area contributed by atoms with Crippen LogP contribution in [0.3, 0.4) is 0 Å². The second-order valence-corrected chi connectivity index (χ2v) is 7.75. The number of rotatable bonds is 2. The third-order valence-electron chi connectivity index (χ3n) is 5.09. The third kappa shape index (κ3) is 3.16.